The number of hydrogen-bond acceptors (Lipinski definition) is 6. The number of carboxylic acid groups (broad SMARTS) is 1. The standard InChI is InChI=1S/C23H19FN2O4S/c1-13-6-16(29-10-14-4-2-3-5-19(14)24)8-17(7-13)30-11-15-12-31-21-18(23(27)28)9-26-22(25)20(15)21/h2-9,12H,10-11H2,1H3,(H2,25,26)(H,27,28). The molecule has 0 fully saturated rings. The van der Waals surface area contributed by atoms with Gasteiger partial charge in [-0.15, -0.1) is 11.3 Å². The molecule has 4 aromatic rings. The van der Waals surface area contributed by atoms with E-state index in [2.05, 4.69) is 4.98 Å². The van der Waals surface area contributed by atoms with Crippen LogP contribution >= 0.6 is 11.3 Å². The van der Waals surface area contributed by atoms with Gasteiger partial charge in [-0.3, -0.25) is 0 Å². The van der Waals surface area contributed by atoms with E-state index in [1.54, 1.807) is 24.3 Å². The molecule has 0 saturated heterocycles. The SMILES string of the molecule is Cc1cc(OCc2ccccc2F)cc(OCc2csc3c(C(=O)O)cnc(N)c23)c1. The molecule has 31 heavy (non-hydrogen) atoms. The van der Waals surface area contributed by atoms with Crippen LogP contribution in [0.2, 0.25) is 0 Å². The van der Waals surface area contributed by atoms with Gasteiger partial charge in [0.2, 0.25) is 0 Å². The van der Waals surface area contributed by atoms with Crippen LogP contribution in [0.3, 0.4) is 0 Å². The van der Waals surface area contributed by atoms with Gasteiger partial charge in [-0.2, -0.15) is 0 Å². The first-order valence-electron chi connectivity index (χ1n) is 9.41. The third kappa shape index (κ3) is 4.44. The maximum absolute atomic E-state index is 13.8. The molecule has 2 aromatic carbocycles. The number of fused-ring (bicyclic) bond motifs is 1. The lowest BCUT2D eigenvalue weighted by atomic mass is 10.1. The zero-order valence-corrected chi connectivity index (χ0v) is 17.4. The van der Waals surface area contributed by atoms with Crippen LogP contribution in [0.25, 0.3) is 10.1 Å². The number of pyridine rings is 1. The van der Waals surface area contributed by atoms with Crippen LogP contribution in [0.1, 0.15) is 27.0 Å². The summed E-state index contributed by atoms with van der Waals surface area (Å²) >= 11 is 1.29. The normalized spacial score (nSPS) is 10.9. The predicted octanol–water partition coefficient (Wildman–Crippen LogP) is 5.18. The van der Waals surface area contributed by atoms with E-state index in [1.807, 2.05) is 24.4 Å². The highest BCUT2D eigenvalue weighted by Crippen LogP contribution is 2.33. The molecule has 3 N–H and O–H groups in total. The molecular weight excluding hydrogens is 419 g/mol. The van der Waals surface area contributed by atoms with Crippen molar-refractivity contribution in [3.8, 4) is 11.5 Å². The summed E-state index contributed by atoms with van der Waals surface area (Å²) in [6.07, 6.45) is 1.26. The Balaban J connectivity index is 1.52. The molecule has 0 unspecified atom stereocenters. The zero-order valence-electron chi connectivity index (χ0n) is 16.6. The van der Waals surface area contributed by atoms with Gasteiger partial charge >= 0.3 is 5.97 Å². The molecule has 0 aliphatic rings. The summed E-state index contributed by atoms with van der Waals surface area (Å²) in [5.74, 6) is 0.0228. The summed E-state index contributed by atoms with van der Waals surface area (Å²) in [6, 6.07) is 11.9. The maximum Gasteiger partial charge on any atom is 0.338 e. The number of rotatable bonds is 7. The van der Waals surface area contributed by atoms with Crippen molar-refractivity contribution in [3.05, 3.63) is 82.1 Å². The maximum atomic E-state index is 13.8. The Morgan fingerprint density at radius 3 is 2.48 bits per heavy atom. The average molecular weight is 438 g/mol. The Labute approximate surface area is 181 Å². The molecule has 0 radical (unpaired) electrons. The molecule has 6 nitrogen and oxygen atoms in total. The first-order chi connectivity index (χ1) is 14.9. The molecule has 0 amide bonds. The van der Waals surface area contributed by atoms with Gasteiger partial charge in [0.05, 0.1) is 10.3 Å². The van der Waals surface area contributed by atoms with Crippen molar-refractivity contribution in [1.82, 2.24) is 4.98 Å². The van der Waals surface area contributed by atoms with Gasteiger partial charge in [-0.25, -0.2) is 14.2 Å². The summed E-state index contributed by atoms with van der Waals surface area (Å²) in [5, 5.41) is 11.8. The highest BCUT2D eigenvalue weighted by molar-refractivity contribution is 7.17. The summed E-state index contributed by atoms with van der Waals surface area (Å²) in [5.41, 5.74) is 8.24. The highest BCUT2D eigenvalue weighted by atomic mass is 32.1. The fourth-order valence-electron chi connectivity index (χ4n) is 3.21. The number of benzene rings is 2. The number of carboxylic acids is 1. The predicted molar refractivity (Wildman–Crippen MR) is 117 cm³/mol. The Morgan fingerprint density at radius 2 is 1.81 bits per heavy atom. The Morgan fingerprint density at radius 1 is 1.13 bits per heavy atom. The fourth-order valence-corrected chi connectivity index (χ4v) is 4.27. The number of ether oxygens (including phenoxy) is 2. The Kier molecular flexibility index (Phi) is 5.73. The van der Waals surface area contributed by atoms with E-state index in [0.29, 0.717) is 27.1 Å². The fraction of sp³-hybridized carbons (Fsp3) is 0.130. The van der Waals surface area contributed by atoms with Crippen molar-refractivity contribution in [1.29, 1.82) is 0 Å². The summed E-state index contributed by atoms with van der Waals surface area (Å²) in [6.45, 7) is 2.19. The number of aryl methyl sites for hydroxylation is 1. The number of thiophene rings is 1. The minimum absolute atomic E-state index is 0.102. The van der Waals surface area contributed by atoms with Crippen LogP contribution in [0.5, 0.6) is 11.5 Å². The lowest BCUT2D eigenvalue weighted by Crippen LogP contribution is -2.02. The van der Waals surface area contributed by atoms with Gasteiger partial charge in [0.1, 0.15) is 36.3 Å². The van der Waals surface area contributed by atoms with Crippen molar-refractivity contribution in [2.75, 3.05) is 5.73 Å². The van der Waals surface area contributed by atoms with Crippen molar-refractivity contribution < 1.29 is 23.8 Å². The van der Waals surface area contributed by atoms with E-state index in [1.165, 1.54) is 23.6 Å². The third-order valence-corrected chi connectivity index (χ3v) is 5.76. The number of aromatic nitrogens is 1. The number of halogens is 1. The molecule has 0 saturated carbocycles. The second kappa shape index (κ2) is 8.61. The van der Waals surface area contributed by atoms with Crippen molar-refractivity contribution in [2.24, 2.45) is 0 Å². The first-order valence-corrected chi connectivity index (χ1v) is 10.3. The number of anilines is 1. The van der Waals surface area contributed by atoms with Crippen LogP contribution in [0, 0.1) is 12.7 Å². The van der Waals surface area contributed by atoms with E-state index >= 15 is 0 Å². The number of nitrogen functional groups attached to an aromatic ring is 1. The molecule has 158 valence electrons. The number of aromatic carboxylic acids is 1. The summed E-state index contributed by atoms with van der Waals surface area (Å²) in [4.78, 5) is 15.4. The topological polar surface area (TPSA) is 94.7 Å². The van der Waals surface area contributed by atoms with Crippen LogP contribution in [0.15, 0.2) is 54.0 Å². The van der Waals surface area contributed by atoms with Crippen LogP contribution < -0.4 is 15.2 Å². The Hall–Kier alpha value is -3.65. The monoisotopic (exact) mass is 438 g/mol. The third-order valence-electron chi connectivity index (χ3n) is 4.70. The second-order valence-corrected chi connectivity index (χ2v) is 7.86. The molecule has 4 rings (SSSR count). The number of nitrogens with zero attached hydrogens (tertiary/aromatic N) is 1. The van der Waals surface area contributed by atoms with Gasteiger partial charge in [0.25, 0.3) is 0 Å². The minimum Gasteiger partial charge on any atom is -0.489 e. The van der Waals surface area contributed by atoms with Crippen LogP contribution in [0.4, 0.5) is 10.2 Å². The molecule has 0 aliphatic carbocycles. The van der Waals surface area contributed by atoms with Gasteiger partial charge in [-0.05, 0) is 36.1 Å². The van der Waals surface area contributed by atoms with E-state index in [-0.39, 0.29) is 30.4 Å². The van der Waals surface area contributed by atoms with Crippen LogP contribution in [-0.2, 0) is 13.2 Å². The molecule has 8 heteroatoms. The summed E-state index contributed by atoms with van der Waals surface area (Å²) < 4.78 is 26.1. The molecule has 2 aromatic heterocycles. The molecule has 0 spiro atoms. The lowest BCUT2D eigenvalue weighted by molar-refractivity contribution is 0.0699. The quantitative estimate of drug-likeness (QED) is 0.413. The number of hydrogen-bond donors (Lipinski definition) is 2. The van der Waals surface area contributed by atoms with Crippen molar-refractivity contribution >= 4 is 33.2 Å². The molecule has 0 aliphatic heterocycles. The van der Waals surface area contributed by atoms with E-state index < -0.39 is 5.97 Å². The number of nitrogens with two attached hydrogens (primary N) is 1. The first kappa shape index (κ1) is 20.6. The molecule has 0 bridgehead atoms. The second-order valence-electron chi connectivity index (χ2n) is 6.98. The van der Waals surface area contributed by atoms with Crippen LogP contribution in [-0.4, -0.2) is 16.1 Å². The molecular formula is C23H19FN2O4S. The van der Waals surface area contributed by atoms with Crippen molar-refractivity contribution in [3.63, 3.8) is 0 Å². The van der Waals surface area contributed by atoms with E-state index in [0.717, 1.165) is 11.1 Å². The Bertz CT molecular complexity index is 1270. The molecule has 2 heterocycles. The van der Waals surface area contributed by atoms with Crippen molar-refractivity contribution in [2.45, 2.75) is 20.1 Å². The van der Waals surface area contributed by atoms with E-state index in [9.17, 15) is 14.3 Å². The highest BCUT2D eigenvalue weighted by Gasteiger charge is 2.17. The minimum atomic E-state index is -1.05. The van der Waals surface area contributed by atoms with E-state index in [4.69, 9.17) is 15.2 Å². The smallest absolute Gasteiger partial charge is 0.338 e. The molecule has 0 atom stereocenters. The lowest BCUT2D eigenvalue weighted by Gasteiger charge is -2.12. The number of carbonyl (C=O) groups is 1. The van der Waals surface area contributed by atoms with Gasteiger partial charge in [0.15, 0.2) is 0 Å². The summed E-state index contributed by atoms with van der Waals surface area (Å²) in [7, 11) is 0. The largest absolute Gasteiger partial charge is 0.489 e. The average Bonchev–Trinajstić information content (AvgIpc) is 3.16. The van der Waals surface area contributed by atoms with Gasteiger partial charge in [-0.1, -0.05) is 18.2 Å². The van der Waals surface area contributed by atoms with Gasteiger partial charge in [0, 0.05) is 28.8 Å². The van der Waals surface area contributed by atoms with Gasteiger partial charge < -0.3 is 20.3 Å². The zero-order chi connectivity index (χ0) is 22.0.